The Morgan fingerprint density at radius 2 is 2.00 bits per heavy atom. The molecule has 0 unspecified atom stereocenters. The number of ether oxygens (including phenoxy) is 2. The Morgan fingerprint density at radius 3 is 2.69 bits per heavy atom. The molecule has 0 saturated carbocycles. The van der Waals surface area contributed by atoms with Gasteiger partial charge in [-0.25, -0.2) is 0 Å². The third-order valence-electron chi connectivity index (χ3n) is 3.78. The Hall–Kier alpha value is -2.95. The highest BCUT2D eigenvalue weighted by Gasteiger charge is 2.06. The van der Waals surface area contributed by atoms with E-state index in [2.05, 4.69) is 12.2 Å². The number of hydrogen-bond acceptors (Lipinski definition) is 4. The first-order valence-corrected chi connectivity index (χ1v) is 8.63. The topological polar surface area (TPSA) is 67.8 Å². The number of anilines is 1. The molecule has 26 heavy (non-hydrogen) atoms. The van der Waals surface area contributed by atoms with Gasteiger partial charge < -0.3 is 19.9 Å². The molecule has 2 aromatic rings. The molecule has 0 aromatic heterocycles. The fourth-order valence-electron chi connectivity index (χ4n) is 2.33. The molecule has 5 heteroatoms. The van der Waals surface area contributed by atoms with E-state index in [-0.39, 0.29) is 11.7 Å². The van der Waals surface area contributed by atoms with Crippen molar-refractivity contribution in [2.75, 3.05) is 19.0 Å². The summed E-state index contributed by atoms with van der Waals surface area (Å²) >= 11 is 0. The summed E-state index contributed by atoms with van der Waals surface area (Å²) < 4.78 is 11.0. The second-order valence-electron chi connectivity index (χ2n) is 5.96. The fourth-order valence-corrected chi connectivity index (χ4v) is 2.33. The van der Waals surface area contributed by atoms with Crippen LogP contribution in [0.15, 0.2) is 42.5 Å². The van der Waals surface area contributed by atoms with Crippen molar-refractivity contribution in [3.8, 4) is 17.2 Å². The number of hydrogen-bond donors (Lipinski definition) is 2. The molecule has 0 saturated heterocycles. The smallest absolute Gasteiger partial charge is 0.248 e. The number of aryl methyl sites for hydroxylation is 1. The normalized spacial score (nSPS) is 10.7. The highest BCUT2D eigenvalue weighted by atomic mass is 16.5. The number of unbranched alkanes of at least 4 members (excludes halogenated alkanes) is 1. The predicted octanol–water partition coefficient (Wildman–Crippen LogP) is 4.54. The van der Waals surface area contributed by atoms with Crippen molar-refractivity contribution in [3.05, 3.63) is 53.6 Å². The molecular formula is C21H25NO4. The molecule has 0 bridgehead atoms. The summed E-state index contributed by atoms with van der Waals surface area (Å²) in [4.78, 5) is 12.1. The van der Waals surface area contributed by atoms with Crippen molar-refractivity contribution in [1.82, 2.24) is 0 Å². The van der Waals surface area contributed by atoms with Crippen LogP contribution in [0.1, 0.15) is 30.9 Å². The summed E-state index contributed by atoms with van der Waals surface area (Å²) in [6.07, 6.45) is 5.14. The lowest BCUT2D eigenvalue weighted by Crippen LogP contribution is -2.07. The SMILES string of the molecule is CCCCOc1ccc(/C=C/C(=O)Nc2ccc(C)cc2O)cc1OC. The molecular weight excluding hydrogens is 330 g/mol. The monoisotopic (exact) mass is 355 g/mol. The fraction of sp³-hybridized carbons (Fsp3) is 0.286. The molecule has 5 nitrogen and oxygen atoms in total. The lowest BCUT2D eigenvalue weighted by Gasteiger charge is -2.11. The second kappa shape index (κ2) is 9.51. The van der Waals surface area contributed by atoms with E-state index < -0.39 is 0 Å². The van der Waals surface area contributed by atoms with Gasteiger partial charge in [0.05, 0.1) is 19.4 Å². The minimum Gasteiger partial charge on any atom is -0.506 e. The molecule has 0 aliphatic carbocycles. The highest BCUT2D eigenvalue weighted by molar-refractivity contribution is 6.02. The summed E-state index contributed by atoms with van der Waals surface area (Å²) in [7, 11) is 1.59. The van der Waals surface area contributed by atoms with Crippen LogP contribution in [0, 0.1) is 6.92 Å². The van der Waals surface area contributed by atoms with Crippen molar-refractivity contribution >= 4 is 17.7 Å². The molecule has 1 amide bonds. The van der Waals surface area contributed by atoms with Crippen molar-refractivity contribution in [2.45, 2.75) is 26.7 Å². The van der Waals surface area contributed by atoms with Crippen LogP contribution in [0.3, 0.4) is 0 Å². The lowest BCUT2D eigenvalue weighted by molar-refractivity contribution is -0.111. The van der Waals surface area contributed by atoms with Crippen molar-refractivity contribution in [2.24, 2.45) is 0 Å². The Balaban J connectivity index is 2.03. The third kappa shape index (κ3) is 5.55. The molecule has 0 spiro atoms. The van der Waals surface area contributed by atoms with Crippen LogP contribution in [0.2, 0.25) is 0 Å². The van der Waals surface area contributed by atoms with Crippen LogP contribution in [0.25, 0.3) is 6.08 Å². The molecule has 0 heterocycles. The maximum atomic E-state index is 12.1. The number of methoxy groups -OCH3 is 1. The van der Waals surface area contributed by atoms with E-state index in [0.29, 0.717) is 23.8 Å². The highest BCUT2D eigenvalue weighted by Crippen LogP contribution is 2.29. The largest absolute Gasteiger partial charge is 0.506 e. The van der Waals surface area contributed by atoms with Crippen LogP contribution >= 0.6 is 0 Å². The van der Waals surface area contributed by atoms with Crippen LogP contribution in [0.5, 0.6) is 17.2 Å². The van der Waals surface area contributed by atoms with E-state index in [9.17, 15) is 9.90 Å². The van der Waals surface area contributed by atoms with Crippen molar-refractivity contribution in [3.63, 3.8) is 0 Å². The second-order valence-corrected chi connectivity index (χ2v) is 5.96. The van der Waals surface area contributed by atoms with E-state index in [1.165, 1.54) is 6.08 Å². The number of amides is 1. The molecule has 138 valence electrons. The molecule has 2 rings (SSSR count). The van der Waals surface area contributed by atoms with Crippen molar-refractivity contribution in [1.29, 1.82) is 0 Å². The summed E-state index contributed by atoms with van der Waals surface area (Å²) in [6, 6.07) is 10.6. The van der Waals surface area contributed by atoms with Gasteiger partial charge in [0, 0.05) is 6.08 Å². The minimum atomic E-state index is -0.327. The van der Waals surface area contributed by atoms with E-state index >= 15 is 0 Å². The first-order valence-electron chi connectivity index (χ1n) is 8.63. The average Bonchev–Trinajstić information content (AvgIpc) is 2.63. The number of phenols is 1. The molecule has 0 atom stereocenters. The molecule has 0 aliphatic heterocycles. The van der Waals surface area contributed by atoms with E-state index in [0.717, 1.165) is 24.0 Å². The maximum Gasteiger partial charge on any atom is 0.248 e. The van der Waals surface area contributed by atoms with Gasteiger partial charge >= 0.3 is 0 Å². The van der Waals surface area contributed by atoms with Gasteiger partial charge in [0.2, 0.25) is 5.91 Å². The van der Waals surface area contributed by atoms with Gasteiger partial charge in [-0.2, -0.15) is 0 Å². The number of carbonyl (C=O) groups is 1. The molecule has 0 fully saturated rings. The Labute approximate surface area is 154 Å². The van der Waals surface area contributed by atoms with Gasteiger partial charge in [0.15, 0.2) is 11.5 Å². The standard InChI is InChI=1S/C21H25NO4/c1-4-5-12-26-19-10-7-16(14-20(19)25-3)8-11-21(24)22-17-9-6-15(2)13-18(17)23/h6-11,13-14,23H,4-5,12H2,1-3H3,(H,22,24)/b11-8+. The van der Waals surface area contributed by atoms with Gasteiger partial charge in [-0.05, 0) is 54.8 Å². The number of aromatic hydroxyl groups is 1. The number of phenolic OH excluding ortho intramolecular Hbond substituents is 1. The summed E-state index contributed by atoms with van der Waals surface area (Å²) in [5, 5.41) is 12.5. The van der Waals surface area contributed by atoms with E-state index in [1.54, 1.807) is 25.3 Å². The summed E-state index contributed by atoms with van der Waals surface area (Å²) in [6.45, 7) is 4.62. The first-order chi connectivity index (χ1) is 12.5. The Morgan fingerprint density at radius 1 is 1.19 bits per heavy atom. The zero-order valence-electron chi connectivity index (χ0n) is 15.4. The Kier molecular flexibility index (Phi) is 7.09. The predicted molar refractivity (Wildman–Crippen MR) is 104 cm³/mol. The van der Waals surface area contributed by atoms with Gasteiger partial charge in [-0.1, -0.05) is 25.5 Å². The lowest BCUT2D eigenvalue weighted by atomic mass is 10.2. The minimum absolute atomic E-state index is 0.0435. The first kappa shape index (κ1) is 19.4. The summed E-state index contributed by atoms with van der Waals surface area (Å²) in [5.74, 6) is 1.03. The van der Waals surface area contributed by atoms with Gasteiger partial charge in [-0.3, -0.25) is 4.79 Å². The van der Waals surface area contributed by atoms with E-state index in [1.807, 2.05) is 31.2 Å². The number of benzene rings is 2. The van der Waals surface area contributed by atoms with Crippen LogP contribution in [-0.2, 0) is 4.79 Å². The quantitative estimate of drug-likeness (QED) is 0.414. The molecule has 0 aliphatic rings. The van der Waals surface area contributed by atoms with Crippen molar-refractivity contribution < 1.29 is 19.4 Å². The number of nitrogens with one attached hydrogen (secondary N) is 1. The zero-order chi connectivity index (χ0) is 18.9. The van der Waals surface area contributed by atoms with Gasteiger partial charge in [-0.15, -0.1) is 0 Å². The van der Waals surface area contributed by atoms with Crippen LogP contribution in [-0.4, -0.2) is 24.7 Å². The zero-order valence-corrected chi connectivity index (χ0v) is 15.4. The molecule has 0 radical (unpaired) electrons. The van der Waals surface area contributed by atoms with Gasteiger partial charge in [0.25, 0.3) is 0 Å². The van der Waals surface area contributed by atoms with Crippen LogP contribution in [0.4, 0.5) is 5.69 Å². The Bertz CT molecular complexity index is 784. The summed E-state index contributed by atoms with van der Waals surface area (Å²) in [5.41, 5.74) is 2.11. The molecule has 2 N–H and O–H groups in total. The number of carbonyl (C=O) groups excluding carboxylic acids is 1. The number of rotatable bonds is 8. The average molecular weight is 355 g/mol. The van der Waals surface area contributed by atoms with E-state index in [4.69, 9.17) is 9.47 Å². The maximum absolute atomic E-state index is 12.1. The van der Waals surface area contributed by atoms with Gasteiger partial charge in [0.1, 0.15) is 5.75 Å². The third-order valence-corrected chi connectivity index (χ3v) is 3.78. The molecule has 2 aromatic carbocycles. The van der Waals surface area contributed by atoms with Crippen LogP contribution < -0.4 is 14.8 Å².